The van der Waals surface area contributed by atoms with Crippen LogP contribution in [0.15, 0.2) is 41.3 Å². The molecule has 0 heterocycles. The van der Waals surface area contributed by atoms with Crippen LogP contribution < -0.4 is 0 Å². The number of hydrogen-bond acceptors (Lipinski definition) is 2. The first kappa shape index (κ1) is 10.9. The Labute approximate surface area is 87.6 Å². The zero-order valence-corrected chi connectivity index (χ0v) is 8.80. The van der Waals surface area contributed by atoms with Crippen molar-refractivity contribution in [2.45, 2.75) is 11.8 Å². The monoisotopic (exact) mass is 208 g/mol. The summed E-state index contributed by atoms with van der Waals surface area (Å²) in [7, 11) is 0. The van der Waals surface area contributed by atoms with Gasteiger partial charge in [-0.25, -0.2) is 4.79 Å². The average Bonchev–Trinajstić information content (AvgIpc) is 2.15. The van der Waals surface area contributed by atoms with E-state index in [0.717, 1.165) is 16.2 Å². The van der Waals surface area contributed by atoms with Crippen molar-refractivity contribution in [3.63, 3.8) is 0 Å². The van der Waals surface area contributed by atoms with Gasteiger partial charge in [0.1, 0.15) is 0 Å². The highest BCUT2D eigenvalue weighted by Crippen LogP contribution is 2.23. The number of benzene rings is 1. The molecule has 0 saturated heterocycles. The number of rotatable bonds is 4. The Hall–Kier alpha value is -1.22. The second-order valence-electron chi connectivity index (χ2n) is 3.05. The van der Waals surface area contributed by atoms with Crippen LogP contribution in [0, 0.1) is 0 Å². The summed E-state index contributed by atoms with van der Waals surface area (Å²) >= 11 is 1.50. The Morgan fingerprint density at radius 1 is 1.50 bits per heavy atom. The Balaban J connectivity index is 2.84. The van der Waals surface area contributed by atoms with Crippen molar-refractivity contribution < 1.29 is 9.90 Å². The number of thioether (sulfide) groups is 1. The molecule has 2 nitrogen and oxygen atoms in total. The molecule has 1 rings (SSSR count). The molecule has 0 unspecified atom stereocenters. The maximum atomic E-state index is 10.8. The van der Waals surface area contributed by atoms with E-state index in [1.54, 1.807) is 12.1 Å². The van der Waals surface area contributed by atoms with Crippen LogP contribution in [0.2, 0.25) is 0 Å². The van der Waals surface area contributed by atoms with Crippen LogP contribution in [0.4, 0.5) is 0 Å². The molecule has 0 bridgehead atoms. The summed E-state index contributed by atoms with van der Waals surface area (Å²) in [6.07, 6.45) is 0. The first-order valence-electron chi connectivity index (χ1n) is 4.20. The van der Waals surface area contributed by atoms with Crippen LogP contribution in [0.3, 0.4) is 0 Å². The molecule has 1 aromatic rings. The molecule has 14 heavy (non-hydrogen) atoms. The molecule has 1 aromatic carbocycles. The van der Waals surface area contributed by atoms with Gasteiger partial charge in [-0.05, 0) is 19.1 Å². The quantitative estimate of drug-likeness (QED) is 0.610. The first-order valence-corrected chi connectivity index (χ1v) is 5.19. The summed E-state index contributed by atoms with van der Waals surface area (Å²) < 4.78 is 0. The van der Waals surface area contributed by atoms with Gasteiger partial charge in [-0.15, -0.1) is 11.8 Å². The zero-order valence-electron chi connectivity index (χ0n) is 7.99. The van der Waals surface area contributed by atoms with E-state index >= 15 is 0 Å². The van der Waals surface area contributed by atoms with E-state index in [4.69, 9.17) is 5.11 Å². The molecular formula is C11H12O2S. The second kappa shape index (κ2) is 4.86. The minimum absolute atomic E-state index is 0.360. The lowest BCUT2D eigenvalue weighted by Crippen LogP contribution is -1.98. The highest BCUT2D eigenvalue weighted by atomic mass is 32.2. The molecule has 74 valence electrons. The maximum Gasteiger partial charge on any atom is 0.336 e. The standard InChI is InChI=1S/C11H12O2S/c1-8(2)7-14-10-6-4-3-5-9(10)11(12)13/h3-6H,1,7H2,2H3,(H,12,13). The molecular weight excluding hydrogens is 196 g/mol. The van der Waals surface area contributed by atoms with Gasteiger partial charge in [0.15, 0.2) is 0 Å². The van der Waals surface area contributed by atoms with E-state index in [2.05, 4.69) is 6.58 Å². The Morgan fingerprint density at radius 3 is 2.71 bits per heavy atom. The fourth-order valence-corrected chi connectivity index (χ4v) is 1.86. The van der Waals surface area contributed by atoms with Gasteiger partial charge in [0, 0.05) is 10.6 Å². The Bertz CT molecular complexity index is 358. The number of carboxylic acids is 1. The molecule has 0 aromatic heterocycles. The normalized spacial score (nSPS) is 9.79. The molecule has 0 saturated carbocycles. The molecule has 0 aliphatic carbocycles. The van der Waals surface area contributed by atoms with Gasteiger partial charge in [0.05, 0.1) is 5.56 Å². The number of hydrogen-bond donors (Lipinski definition) is 1. The summed E-state index contributed by atoms with van der Waals surface area (Å²) in [5.41, 5.74) is 1.40. The molecule has 0 amide bonds. The van der Waals surface area contributed by atoms with Gasteiger partial charge in [0.25, 0.3) is 0 Å². The highest BCUT2D eigenvalue weighted by Gasteiger charge is 2.08. The number of aromatic carboxylic acids is 1. The average molecular weight is 208 g/mol. The second-order valence-corrected chi connectivity index (χ2v) is 4.06. The topological polar surface area (TPSA) is 37.3 Å². The van der Waals surface area contributed by atoms with Crippen LogP contribution in [0.25, 0.3) is 0 Å². The third-order valence-corrected chi connectivity index (χ3v) is 2.90. The predicted octanol–water partition coefficient (Wildman–Crippen LogP) is 3.05. The van der Waals surface area contributed by atoms with E-state index < -0.39 is 5.97 Å². The van der Waals surface area contributed by atoms with Gasteiger partial charge in [-0.2, -0.15) is 0 Å². The largest absolute Gasteiger partial charge is 0.478 e. The van der Waals surface area contributed by atoms with Crippen LogP contribution in [-0.2, 0) is 0 Å². The van der Waals surface area contributed by atoms with Gasteiger partial charge >= 0.3 is 5.97 Å². The number of carbonyl (C=O) groups is 1. The van der Waals surface area contributed by atoms with Crippen molar-refractivity contribution in [1.29, 1.82) is 0 Å². The SMILES string of the molecule is C=C(C)CSc1ccccc1C(=O)O. The van der Waals surface area contributed by atoms with E-state index in [1.807, 2.05) is 19.1 Å². The van der Waals surface area contributed by atoms with Crippen LogP contribution >= 0.6 is 11.8 Å². The Morgan fingerprint density at radius 2 is 2.14 bits per heavy atom. The molecule has 3 heteroatoms. The minimum Gasteiger partial charge on any atom is -0.478 e. The van der Waals surface area contributed by atoms with Crippen LogP contribution in [0.5, 0.6) is 0 Å². The third kappa shape index (κ3) is 2.92. The Kier molecular flexibility index (Phi) is 3.77. The minimum atomic E-state index is -0.880. The maximum absolute atomic E-state index is 10.8. The highest BCUT2D eigenvalue weighted by molar-refractivity contribution is 7.99. The van der Waals surface area contributed by atoms with Crippen molar-refractivity contribution in [2.24, 2.45) is 0 Å². The van der Waals surface area contributed by atoms with Gasteiger partial charge in [0.2, 0.25) is 0 Å². The summed E-state index contributed by atoms with van der Waals surface area (Å²) in [5.74, 6) is -0.126. The van der Waals surface area contributed by atoms with Crippen molar-refractivity contribution in [3.05, 3.63) is 42.0 Å². The summed E-state index contributed by atoms with van der Waals surface area (Å²) in [4.78, 5) is 11.6. The van der Waals surface area contributed by atoms with Crippen molar-refractivity contribution in [2.75, 3.05) is 5.75 Å². The molecule has 0 fully saturated rings. The van der Waals surface area contributed by atoms with Crippen LogP contribution in [0.1, 0.15) is 17.3 Å². The molecule has 0 aliphatic heterocycles. The molecule has 0 atom stereocenters. The van der Waals surface area contributed by atoms with E-state index in [0.29, 0.717) is 5.56 Å². The van der Waals surface area contributed by atoms with Crippen molar-refractivity contribution in [3.8, 4) is 0 Å². The molecule has 0 aliphatic rings. The zero-order chi connectivity index (χ0) is 10.6. The summed E-state index contributed by atoms with van der Waals surface area (Å²) in [6, 6.07) is 7.00. The third-order valence-electron chi connectivity index (χ3n) is 1.59. The van der Waals surface area contributed by atoms with Crippen molar-refractivity contribution in [1.82, 2.24) is 0 Å². The molecule has 0 spiro atoms. The fraction of sp³-hybridized carbons (Fsp3) is 0.182. The first-order chi connectivity index (χ1) is 6.61. The summed E-state index contributed by atoms with van der Waals surface area (Å²) in [5, 5.41) is 8.90. The van der Waals surface area contributed by atoms with E-state index in [9.17, 15) is 4.79 Å². The lowest BCUT2D eigenvalue weighted by atomic mass is 10.2. The fourth-order valence-electron chi connectivity index (χ4n) is 0.970. The predicted molar refractivity (Wildman–Crippen MR) is 58.9 cm³/mol. The summed E-state index contributed by atoms with van der Waals surface area (Å²) in [6.45, 7) is 5.70. The van der Waals surface area contributed by atoms with Crippen LogP contribution in [-0.4, -0.2) is 16.8 Å². The van der Waals surface area contributed by atoms with Crippen molar-refractivity contribution >= 4 is 17.7 Å². The molecule has 0 radical (unpaired) electrons. The van der Waals surface area contributed by atoms with E-state index in [-0.39, 0.29) is 0 Å². The van der Waals surface area contributed by atoms with E-state index in [1.165, 1.54) is 11.8 Å². The molecule has 1 N–H and O–H groups in total. The lowest BCUT2D eigenvalue weighted by molar-refractivity contribution is 0.0693. The number of carboxylic acid groups (broad SMARTS) is 1. The smallest absolute Gasteiger partial charge is 0.336 e. The van der Waals surface area contributed by atoms with Gasteiger partial charge in [-0.1, -0.05) is 24.3 Å². The van der Waals surface area contributed by atoms with Gasteiger partial charge < -0.3 is 5.11 Å². The van der Waals surface area contributed by atoms with Gasteiger partial charge in [-0.3, -0.25) is 0 Å². The lowest BCUT2D eigenvalue weighted by Gasteiger charge is -2.04.